The van der Waals surface area contributed by atoms with Crippen molar-refractivity contribution in [2.75, 3.05) is 0 Å². The fraction of sp³-hybridized carbons (Fsp3) is 0.417. The lowest BCUT2D eigenvalue weighted by Crippen LogP contribution is -2.21. The van der Waals surface area contributed by atoms with Crippen molar-refractivity contribution in [1.29, 1.82) is 0 Å². The van der Waals surface area contributed by atoms with Crippen LogP contribution in [0, 0.1) is 0 Å². The number of carbonyl (C=O) groups excluding carboxylic acids is 1. The van der Waals surface area contributed by atoms with Crippen molar-refractivity contribution in [2.45, 2.75) is 32.6 Å². The number of aryl methyl sites for hydroxylation is 1. The fourth-order valence-electron chi connectivity index (χ4n) is 2.24. The molecule has 0 unspecified atom stereocenters. The van der Waals surface area contributed by atoms with Gasteiger partial charge in [0.2, 0.25) is 0 Å². The van der Waals surface area contributed by atoms with Crippen LogP contribution in [0.15, 0.2) is 12.1 Å². The second kappa shape index (κ2) is 3.60. The lowest BCUT2D eigenvalue weighted by atomic mass is 9.79. The summed E-state index contributed by atoms with van der Waals surface area (Å²) in [4.78, 5) is 11.7. The Kier molecular flexibility index (Phi) is 2.45. The zero-order chi connectivity index (χ0) is 10.1. The monoisotopic (exact) mass is 186 g/mol. The lowest BCUT2D eigenvalue weighted by Gasteiger charge is -2.18. The molecule has 0 amide bonds. The Morgan fingerprint density at radius 2 is 2.14 bits per heavy atom. The smallest absolute Gasteiger partial charge is 0.163 e. The van der Waals surface area contributed by atoms with Gasteiger partial charge < -0.3 is 0 Å². The van der Waals surface area contributed by atoms with Crippen molar-refractivity contribution in [2.24, 2.45) is 0 Å². The highest BCUT2D eigenvalue weighted by Crippen LogP contribution is 2.20. The van der Waals surface area contributed by atoms with Crippen molar-refractivity contribution in [1.82, 2.24) is 0 Å². The molecule has 1 aliphatic carbocycles. The Bertz CT molecular complexity index is 382. The molecule has 0 atom stereocenters. The van der Waals surface area contributed by atoms with E-state index in [0.717, 1.165) is 31.2 Å². The zero-order valence-electron chi connectivity index (χ0n) is 8.89. The highest BCUT2D eigenvalue weighted by atomic mass is 16.1. The molecule has 0 aliphatic heterocycles. The van der Waals surface area contributed by atoms with Crippen molar-refractivity contribution in [3.8, 4) is 0 Å². The van der Waals surface area contributed by atoms with Crippen LogP contribution in [0.4, 0.5) is 0 Å². The summed E-state index contributed by atoms with van der Waals surface area (Å²) in [5, 5.41) is 0. The minimum atomic E-state index is 0.338. The van der Waals surface area contributed by atoms with E-state index in [0.29, 0.717) is 5.78 Å². The summed E-state index contributed by atoms with van der Waals surface area (Å²) in [6, 6.07) is 4.31. The molecule has 0 N–H and O–H groups in total. The SMILES string of the molecule is Bc1cc(CC)cc2c1CCCC2=O. The van der Waals surface area contributed by atoms with Gasteiger partial charge in [-0.15, -0.1) is 0 Å². The molecule has 1 aromatic carbocycles. The van der Waals surface area contributed by atoms with Crippen molar-refractivity contribution < 1.29 is 4.79 Å². The molecule has 72 valence electrons. The van der Waals surface area contributed by atoms with Crippen molar-refractivity contribution in [3.05, 3.63) is 28.8 Å². The maximum atomic E-state index is 11.7. The summed E-state index contributed by atoms with van der Waals surface area (Å²) in [6.45, 7) is 2.13. The number of fused-ring (bicyclic) bond motifs is 1. The summed E-state index contributed by atoms with van der Waals surface area (Å²) in [5.74, 6) is 0.338. The largest absolute Gasteiger partial charge is 0.294 e. The Balaban J connectivity index is 2.57. The maximum Gasteiger partial charge on any atom is 0.163 e. The number of ketones is 1. The first-order valence-electron chi connectivity index (χ1n) is 5.38. The Morgan fingerprint density at radius 3 is 2.86 bits per heavy atom. The van der Waals surface area contributed by atoms with Gasteiger partial charge in [-0.05, 0) is 36.5 Å². The molecule has 14 heavy (non-hydrogen) atoms. The summed E-state index contributed by atoms with van der Waals surface area (Å²) in [5.41, 5.74) is 4.87. The van der Waals surface area contributed by atoms with Crippen LogP contribution in [0.3, 0.4) is 0 Å². The van der Waals surface area contributed by atoms with Crippen molar-refractivity contribution >= 4 is 19.1 Å². The third kappa shape index (κ3) is 1.49. The first-order chi connectivity index (χ1) is 6.72. The van der Waals surface area contributed by atoms with Gasteiger partial charge in [-0.1, -0.05) is 18.5 Å². The van der Waals surface area contributed by atoms with Crippen LogP contribution in [0.5, 0.6) is 0 Å². The predicted octanol–water partition coefficient (Wildman–Crippen LogP) is 1.03. The van der Waals surface area contributed by atoms with E-state index < -0.39 is 0 Å². The minimum Gasteiger partial charge on any atom is -0.294 e. The number of rotatable bonds is 1. The van der Waals surface area contributed by atoms with Gasteiger partial charge in [0, 0.05) is 12.0 Å². The molecule has 2 heteroatoms. The number of benzene rings is 1. The first-order valence-corrected chi connectivity index (χ1v) is 5.38. The number of carbonyl (C=O) groups is 1. The van der Waals surface area contributed by atoms with Gasteiger partial charge in [0.1, 0.15) is 7.85 Å². The van der Waals surface area contributed by atoms with Gasteiger partial charge in [-0.25, -0.2) is 0 Å². The molecule has 0 bridgehead atoms. The molecule has 0 spiro atoms. The quantitative estimate of drug-likeness (QED) is 0.598. The van der Waals surface area contributed by atoms with Crippen LogP contribution in [0.1, 0.15) is 41.3 Å². The topological polar surface area (TPSA) is 17.1 Å². The average molecular weight is 186 g/mol. The minimum absolute atomic E-state index is 0.338. The van der Waals surface area contributed by atoms with E-state index in [2.05, 4.69) is 26.9 Å². The summed E-state index contributed by atoms with van der Waals surface area (Å²) in [6.07, 6.45) is 3.86. The van der Waals surface area contributed by atoms with E-state index in [1.165, 1.54) is 16.6 Å². The van der Waals surface area contributed by atoms with Crippen LogP contribution in [0.2, 0.25) is 0 Å². The Hall–Kier alpha value is -1.05. The standard InChI is InChI=1S/C12H15BO/c1-2-8-6-10-9(11(13)7-8)4-3-5-12(10)14/h6-7H,2-5,13H2,1H3. The molecule has 1 aliphatic rings. The molecular formula is C12H15BO. The molecule has 2 rings (SSSR count). The molecule has 0 fully saturated rings. The zero-order valence-corrected chi connectivity index (χ0v) is 8.89. The van der Waals surface area contributed by atoms with Gasteiger partial charge >= 0.3 is 0 Å². The molecule has 1 aromatic rings. The normalized spacial score (nSPS) is 15.4. The molecule has 1 nitrogen and oxygen atoms in total. The fourth-order valence-corrected chi connectivity index (χ4v) is 2.24. The van der Waals surface area contributed by atoms with Gasteiger partial charge in [-0.2, -0.15) is 0 Å². The highest BCUT2D eigenvalue weighted by molar-refractivity contribution is 6.34. The van der Waals surface area contributed by atoms with Gasteiger partial charge in [-0.3, -0.25) is 4.79 Å². The molecule has 0 saturated heterocycles. The van der Waals surface area contributed by atoms with E-state index in [1.807, 2.05) is 0 Å². The lowest BCUT2D eigenvalue weighted by molar-refractivity contribution is 0.0972. The summed E-state index contributed by atoms with van der Waals surface area (Å²) >= 11 is 0. The third-order valence-electron chi connectivity index (χ3n) is 3.07. The molecule has 0 saturated carbocycles. The first kappa shape index (κ1) is 9.51. The van der Waals surface area contributed by atoms with E-state index in [4.69, 9.17) is 0 Å². The number of Topliss-reactive ketones (excluding diaryl/α,β-unsaturated/α-hetero) is 1. The Morgan fingerprint density at radius 1 is 1.36 bits per heavy atom. The van der Waals surface area contributed by atoms with E-state index >= 15 is 0 Å². The second-order valence-electron chi connectivity index (χ2n) is 4.07. The summed E-state index contributed by atoms with van der Waals surface area (Å²) in [7, 11) is 2.12. The van der Waals surface area contributed by atoms with E-state index in [9.17, 15) is 4.79 Å². The van der Waals surface area contributed by atoms with Crippen molar-refractivity contribution in [3.63, 3.8) is 0 Å². The Labute approximate surface area is 85.9 Å². The van der Waals surface area contributed by atoms with Gasteiger partial charge in [0.05, 0.1) is 0 Å². The van der Waals surface area contributed by atoms with Crippen LogP contribution in [-0.2, 0) is 12.8 Å². The van der Waals surface area contributed by atoms with Crippen LogP contribution >= 0.6 is 0 Å². The van der Waals surface area contributed by atoms with Crippen LogP contribution in [0.25, 0.3) is 0 Å². The number of hydrogen-bond donors (Lipinski definition) is 0. The average Bonchev–Trinajstić information content (AvgIpc) is 2.19. The maximum absolute atomic E-state index is 11.7. The second-order valence-corrected chi connectivity index (χ2v) is 4.07. The molecule has 0 aromatic heterocycles. The van der Waals surface area contributed by atoms with Crippen LogP contribution < -0.4 is 5.46 Å². The summed E-state index contributed by atoms with van der Waals surface area (Å²) < 4.78 is 0. The van der Waals surface area contributed by atoms with E-state index in [1.54, 1.807) is 0 Å². The van der Waals surface area contributed by atoms with E-state index in [-0.39, 0.29) is 0 Å². The van der Waals surface area contributed by atoms with Gasteiger partial charge in [0.15, 0.2) is 5.78 Å². The molecule has 0 heterocycles. The molecule has 0 radical (unpaired) electrons. The molecular weight excluding hydrogens is 171 g/mol. The number of hydrogen-bond acceptors (Lipinski definition) is 1. The van der Waals surface area contributed by atoms with Gasteiger partial charge in [0.25, 0.3) is 0 Å². The van der Waals surface area contributed by atoms with Crippen LogP contribution in [-0.4, -0.2) is 13.6 Å². The third-order valence-corrected chi connectivity index (χ3v) is 3.07. The highest BCUT2D eigenvalue weighted by Gasteiger charge is 2.18. The predicted molar refractivity (Wildman–Crippen MR) is 61.3 cm³/mol.